The molecule has 0 saturated carbocycles. The Morgan fingerprint density at radius 3 is 1.23 bits per heavy atom. The zero-order valence-electron chi connectivity index (χ0n) is 53.5. The summed E-state index contributed by atoms with van der Waals surface area (Å²) in [6, 6.07) is 60.7. The highest BCUT2D eigenvalue weighted by Gasteiger charge is 2.64. The molecule has 0 bridgehead atoms. The number of ether oxygens (including phenoxy) is 3. The molecule has 6 aromatic heterocycles. The molecule has 0 aliphatic carbocycles. The monoisotopic (exact) mass is 1400 g/mol. The Labute approximate surface area is 596 Å². The molecule has 3 amide bonds. The third-order valence-corrected chi connectivity index (χ3v) is 18.8. The van der Waals surface area contributed by atoms with Gasteiger partial charge in [0.2, 0.25) is 12.2 Å². The van der Waals surface area contributed by atoms with Gasteiger partial charge >= 0.3 is 0 Å². The van der Waals surface area contributed by atoms with Gasteiger partial charge < -0.3 is 45.5 Å². The Hall–Kier alpha value is -12.5. The predicted octanol–water partition coefficient (Wildman–Crippen LogP) is 15.8. The van der Waals surface area contributed by atoms with Crippen LogP contribution in [0.4, 0.5) is 0 Å². The zero-order valence-corrected chi connectivity index (χ0v) is 55.7. The number of fused-ring (bicyclic) bond motifs is 6. The van der Waals surface area contributed by atoms with Crippen molar-refractivity contribution in [1.29, 1.82) is 0 Å². The number of aromatic nitrogens is 6. The molecular weight excluding hydrogens is 1350 g/mol. The molecule has 21 heteroatoms. The number of amides is 3. The van der Waals surface area contributed by atoms with Crippen molar-refractivity contribution >= 4 is 118 Å². The third-order valence-electron chi connectivity index (χ3n) is 17.9. The van der Waals surface area contributed by atoms with Crippen LogP contribution in [0.25, 0.3) is 65.4 Å². The van der Waals surface area contributed by atoms with Crippen molar-refractivity contribution < 1.29 is 43.9 Å². The molecule has 15 aromatic rings. The first kappa shape index (κ1) is 65.5. The number of hydrogen-bond donors (Lipinski definition) is 6. The summed E-state index contributed by atoms with van der Waals surface area (Å²) in [6.07, 6.45) is 4.25. The minimum absolute atomic E-state index is 0.00200. The second-order valence-corrected chi connectivity index (χ2v) is 25.2. The van der Waals surface area contributed by atoms with E-state index in [2.05, 4.69) is 40.9 Å². The van der Waals surface area contributed by atoms with Gasteiger partial charge in [0.25, 0.3) is 23.3 Å². The number of nitrogens with zero attached hydrogens (tertiary/aromatic N) is 6. The van der Waals surface area contributed by atoms with Gasteiger partial charge in [0.05, 0.1) is 49.7 Å². The molecule has 0 aliphatic heterocycles. The predicted molar refractivity (Wildman–Crippen MR) is 392 cm³/mol. The van der Waals surface area contributed by atoms with Gasteiger partial charge in [-0.1, -0.05) is 150 Å². The maximum absolute atomic E-state index is 18.1. The first-order valence-corrected chi connectivity index (χ1v) is 33.3. The number of carbonyl (C=O) groups excluding carboxylic acids is 3. The number of para-hydroxylation sites is 5. The van der Waals surface area contributed by atoms with Crippen molar-refractivity contribution in [3.8, 4) is 34.5 Å². The fraction of sp³-hybridized carbons (Fsp3) is 0.0741. The summed E-state index contributed by atoms with van der Waals surface area (Å²) in [6.45, 7) is 0. The van der Waals surface area contributed by atoms with Crippen LogP contribution >= 0.6 is 34.8 Å². The lowest BCUT2D eigenvalue weighted by atomic mass is 9.83. The molecule has 15 rings (SSSR count). The molecule has 6 atom stereocenters. The Bertz CT molecular complexity index is 5480. The third kappa shape index (κ3) is 12.3. The average molecular weight is 1410 g/mol. The standard InChI is InChI=1S/C81H56Cl3N9O9/c82-61-43-58(73(94)70-54(61)31-16-39-88-70)67(53-36-42-86-64-34-11-10-27-50(53)64)91-78(97)76(100-47-21-4-1-5-22-47)81(102-49-25-8-3-9-26-49,80(99)93-68(52-28-13-35-65-51(52)30-15-37-85-65)59-44-62(83)55-32-17-40-89-71(55)74(59)95)77(101-48-23-6-2-7-24-48)79(98)92-69(57-29-12-19-46-20-14-38-87-66(46)57)60-45-63(84)56-33-18-41-90-72(56)75(60)96/h1-45,67-69,76-77,94-96H,(H,91,97)(H,92,98)(H,93,99). The van der Waals surface area contributed by atoms with E-state index >= 15 is 14.4 Å². The summed E-state index contributed by atoms with van der Waals surface area (Å²) in [5, 5.41) is 51.1. The molecule has 6 N–H and O–H groups in total. The Balaban J connectivity index is 1.03. The van der Waals surface area contributed by atoms with Crippen LogP contribution in [0.1, 0.15) is 51.5 Å². The van der Waals surface area contributed by atoms with Gasteiger partial charge in [-0.3, -0.25) is 44.3 Å². The first-order chi connectivity index (χ1) is 49.8. The number of carbonyl (C=O) groups is 3. The van der Waals surface area contributed by atoms with Gasteiger partial charge in [0, 0.05) is 91.8 Å². The van der Waals surface area contributed by atoms with Gasteiger partial charge in [-0.05, 0) is 132 Å². The molecule has 102 heavy (non-hydrogen) atoms. The summed E-state index contributed by atoms with van der Waals surface area (Å²) < 4.78 is 22.0. The van der Waals surface area contributed by atoms with Gasteiger partial charge in [0.15, 0.2) is 0 Å². The van der Waals surface area contributed by atoms with E-state index in [4.69, 9.17) is 54.0 Å². The second-order valence-electron chi connectivity index (χ2n) is 24.0. The molecule has 18 nitrogen and oxygen atoms in total. The van der Waals surface area contributed by atoms with Crippen molar-refractivity contribution in [3.05, 3.63) is 322 Å². The number of aromatic hydroxyl groups is 3. The molecule has 0 aliphatic rings. The number of rotatable bonds is 20. The van der Waals surface area contributed by atoms with Crippen molar-refractivity contribution in [2.75, 3.05) is 0 Å². The maximum Gasteiger partial charge on any atom is 0.277 e. The van der Waals surface area contributed by atoms with E-state index < -0.39 is 59.4 Å². The Morgan fingerprint density at radius 2 is 0.706 bits per heavy atom. The minimum Gasteiger partial charge on any atom is -0.505 e. The fourth-order valence-corrected chi connectivity index (χ4v) is 14.0. The second kappa shape index (κ2) is 28.0. The van der Waals surface area contributed by atoms with Crippen LogP contribution in [-0.2, 0) is 14.4 Å². The van der Waals surface area contributed by atoms with Gasteiger partial charge in [-0.2, -0.15) is 0 Å². The lowest BCUT2D eigenvalue weighted by Gasteiger charge is -2.43. The number of pyridine rings is 6. The smallest absolute Gasteiger partial charge is 0.277 e. The van der Waals surface area contributed by atoms with Crippen LogP contribution < -0.4 is 30.2 Å². The van der Waals surface area contributed by atoms with Crippen molar-refractivity contribution in [1.82, 2.24) is 45.9 Å². The Kier molecular flexibility index (Phi) is 18.0. The molecule has 0 radical (unpaired) electrons. The lowest BCUT2D eigenvalue weighted by molar-refractivity contribution is -0.174. The van der Waals surface area contributed by atoms with Crippen LogP contribution in [-0.4, -0.2) is 80.8 Å². The van der Waals surface area contributed by atoms with Crippen LogP contribution in [0.3, 0.4) is 0 Å². The maximum atomic E-state index is 18.1. The van der Waals surface area contributed by atoms with Crippen molar-refractivity contribution in [2.24, 2.45) is 0 Å². The number of phenolic OH excluding ortho intramolecular Hbond substituents is 3. The Morgan fingerprint density at radius 1 is 0.343 bits per heavy atom. The number of phenols is 3. The summed E-state index contributed by atoms with van der Waals surface area (Å²) in [7, 11) is 0. The zero-order chi connectivity index (χ0) is 70.0. The normalized spacial score (nSPS) is 13.6. The summed E-state index contributed by atoms with van der Waals surface area (Å²) >= 11 is 21.6. The number of benzene rings is 9. The summed E-state index contributed by atoms with van der Waals surface area (Å²) in [5.74, 6) is -4.90. The number of nitrogens with one attached hydrogen (secondary N) is 3. The van der Waals surface area contributed by atoms with E-state index in [9.17, 15) is 15.3 Å². The highest BCUT2D eigenvalue weighted by atomic mass is 35.5. The molecule has 0 fully saturated rings. The van der Waals surface area contributed by atoms with Crippen molar-refractivity contribution in [3.63, 3.8) is 0 Å². The summed E-state index contributed by atoms with van der Waals surface area (Å²) in [4.78, 5) is 81.0. The molecule has 500 valence electrons. The summed E-state index contributed by atoms with van der Waals surface area (Å²) in [5.41, 5.74) is -0.558. The van der Waals surface area contributed by atoms with Gasteiger partial charge in [0.1, 0.15) is 51.0 Å². The molecule has 0 spiro atoms. The molecular formula is C81H56Cl3N9O9. The van der Waals surface area contributed by atoms with Gasteiger partial charge in [-0.25, -0.2) is 0 Å². The molecule has 6 heterocycles. The quantitative estimate of drug-likeness (QED) is 0.0415. The van der Waals surface area contributed by atoms with E-state index in [0.717, 1.165) is 0 Å². The number of hydrogen-bond acceptors (Lipinski definition) is 15. The first-order valence-electron chi connectivity index (χ1n) is 32.2. The topological polar surface area (TPSA) is 253 Å². The molecule has 9 aromatic carbocycles. The van der Waals surface area contributed by atoms with Gasteiger partial charge in [-0.15, -0.1) is 0 Å². The van der Waals surface area contributed by atoms with Crippen LogP contribution in [0, 0.1) is 0 Å². The minimum atomic E-state index is -3.28. The van der Waals surface area contributed by atoms with E-state index in [1.54, 1.807) is 213 Å². The molecule has 6 unspecified atom stereocenters. The SMILES string of the molecule is O=C(NC(c1cc(Cl)c2cccnc2c1O)c1ccnc2ccccc12)C(Oc1ccccc1)C(Oc1ccccc1)(C(=O)NC(c1cc(Cl)c2cccnc2c1O)c1cccc2ncccc12)C(Oc1ccccc1)C(=O)NC(c1cc(Cl)c2cccnc2c1O)c1cccc2cccnc12. The van der Waals surface area contributed by atoms with Crippen LogP contribution in [0.5, 0.6) is 34.5 Å². The highest BCUT2D eigenvalue weighted by Crippen LogP contribution is 2.46. The number of halogens is 3. The van der Waals surface area contributed by atoms with E-state index in [1.165, 1.54) is 48.9 Å². The van der Waals surface area contributed by atoms with E-state index in [0.29, 0.717) is 65.6 Å². The highest BCUT2D eigenvalue weighted by molar-refractivity contribution is 6.36. The van der Waals surface area contributed by atoms with Crippen molar-refractivity contribution in [2.45, 2.75) is 35.9 Å². The molecule has 0 saturated heterocycles. The lowest BCUT2D eigenvalue weighted by Crippen LogP contribution is -2.74. The van der Waals surface area contributed by atoms with Crippen LogP contribution in [0.2, 0.25) is 15.1 Å². The fourth-order valence-electron chi connectivity index (χ4n) is 13.2. The van der Waals surface area contributed by atoms with E-state index in [1.807, 2.05) is 12.1 Å². The average Bonchev–Trinajstić information content (AvgIpc) is 0.735. The van der Waals surface area contributed by atoms with E-state index in [-0.39, 0.29) is 77.1 Å². The van der Waals surface area contributed by atoms with Crippen LogP contribution in [0.15, 0.2) is 274 Å². The largest absolute Gasteiger partial charge is 0.505 e.